The fourth-order valence-corrected chi connectivity index (χ4v) is 3.63. The Balaban J connectivity index is 2.20. The lowest BCUT2D eigenvalue weighted by Crippen LogP contribution is -2.39. The summed E-state index contributed by atoms with van der Waals surface area (Å²) in [7, 11) is 2.41. The summed E-state index contributed by atoms with van der Waals surface area (Å²) in [5.41, 5.74) is 0.854. The molecule has 1 aliphatic rings. The Hall–Kier alpha value is -2.68. The largest absolute Gasteiger partial charge is 0.466 e. The van der Waals surface area contributed by atoms with Crippen LogP contribution in [0, 0.1) is 0 Å². The van der Waals surface area contributed by atoms with Crippen LogP contribution in [0.2, 0.25) is 5.02 Å². The van der Waals surface area contributed by atoms with Gasteiger partial charge >= 0.3 is 11.9 Å². The van der Waals surface area contributed by atoms with Gasteiger partial charge < -0.3 is 19.1 Å². The summed E-state index contributed by atoms with van der Waals surface area (Å²) >= 11 is 9.59. The Kier molecular flexibility index (Phi) is 6.91. The van der Waals surface area contributed by atoms with Gasteiger partial charge in [0, 0.05) is 15.6 Å². The van der Waals surface area contributed by atoms with Gasteiger partial charge in [-0.2, -0.15) is 0 Å². The summed E-state index contributed by atoms with van der Waals surface area (Å²) in [6, 6.07) is 11.6. The van der Waals surface area contributed by atoms with E-state index in [1.165, 1.54) is 19.1 Å². The van der Waals surface area contributed by atoms with Crippen molar-refractivity contribution >= 4 is 50.9 Å². The average molecular weight is 495 g/mol. The van der Waals surface area contributed by atoms with Crippen LogP contribution in [0.15, 0.2) is 58.2 Å². The van der Waals surface area contributed by atoms with Crippen molar-refractivity contribution in [2.75, 3.05) is 32.5 Å². The van der Waals surface area contributed by atoms with E-state index in [9.17, 15) is 14.4 Å². The molecule has 0 bridgehead atoms. The summed E-state index contributed by atoms with van der Waals surface area (Å²) in [4.78, 5) is 39.5. The van der Waals surface area contributed by atoms with E-state index >= 15 is 0 Å². The number of hydrogen-bond donors (Lipinski definition) is 0. The van der Waals surface area contributed by atoms with Gasteiger partial charge in [0.05, 0.1) is 37.1 Å². The summed E-state index contributed by atoms with van der Waals surface area (Å²) < 4.78 is 15.8. The molecule has 0 atom stereocenters. The number of ether oxygens (including phenoxy) is 3. The lowest BCUT2D eigenvalue weighted by atomic mass is 10.00. The zero-order valence-electron chi connectivity index (χ0n) is 16.1. The molecule has 0 N–H and O–H groups in total. The maximum absolute atomic E-state index is 13.3. The lowest BCUT2D eigenvalue weighted by molar-refractivity contribution is -0.140. The van der Waals surface area contributed by atoms with Gasteiger partial charge in [0.2, 0.25) is 0 Å². The minimum Gasteiger partial charge on any atom is -0.466 e. The Labute approximate surface area is 186 Å². The van der Waals surface area contributed by atoms with Crippen LogP contribution in [0.4, 0.5) is 5.69 Å². The molecule has 0 amide bonds. The summed E-state index contributed by atoms with van der Waals surface area (Å²) in [6.45, 7) is -0.201. The normalized spacial score (nSPS) is 13.8. The van der Waals surface area contributed by atoms with Gasteiger partial charge in [-0.25, -0.2) is 9.59 Å². The van der Waals surface area contributed by atoms with Crippen molar-refractivity contribution in [2.24, 2.45) is 0 Å². The molecule has 2 aromatic carbocycles. The van der Waals surface area contributed by atoms with E-state index in [0.29, 0.717) is 20.7 Å². The molecule has 0 saturated carbocycles. The quantitative estimate of drug-likeness (QED) is 0.463. The standard InChI is InChI=1S/C21H17BrClNO6/c1-28-20(26)15-10-30-11-24(18(15)21(27)29-2)17-8-7-12(22)9-14(17)19(25)13-5-3-4-6-16(13)23/h3-9H,10-11H2,1-2H3. The first-order chi connectivity index (χ1) is 14.4. The van der Waals surface area contributed by atoms with E-state index in [1.807, 2.05) is 0 Å². The molecule has 0 spiro atoms. The van der Waals surface area contributed by atoms with Crippen LogP contribution in [0.3, 0.4) is 0 Å². The number of hydrogen-bond acceptors (Lipinski definition) is 7. The number of ketones is 1. The molecule has 30 heavy (non-hydrogen) atoms. The predicted octanol–water partition coefficient (Wildman–Crippen LogP) is 3.73. The van der Waals surface area contributed by atoms with Gasteiger partial charge in [-0.1, -0.05) is 39.7 Å². The second kappa shape index (κ2) is 9.42. The molecule has 3 rings (SSSR count). The molecule has 9 heteroatoms. The van der Waals surface area contributed by atoms with Crippen LogP contribution < -0.4 is 4.90 Å². The molecule has 0 fully saturated rings. The van der Waals surface area contributed by atoms with E-state index < -0.39 is 11.9 Å². The van der Waals surface area contributed by atoms with E-state index in [-0.39, 0.29) is 36.0 Å². The topological polar surface area (TPSA) is 82.1 Å². The smallest absolute Gasteiger partial charge is 0.355 e. The average Bonchev–Trinajstić information content (AvgIpc) is 2.77. The third-order valence-electron chi connectivity index (χ3n) is 4.45. The first-order valence-electron chi connectivity index (χ1n) is 8.72. The van der Waals surface area contributed by atoms with Crippen LogP contribution in [-0.4, -0.2) is 45.3 Å². The number of rotatable bonds is 5. The van der Waals surface area contributed by atoms with Crippen molar-refractivity contribution in [2.45, 2.75) is 0 Å². The first kappa shape index (κ1) is 22.0. The van der Waals surface area contributed by atoms with Crippen LogP contribution >= 0.6 is 27.5 Å². The molecule has 0 aromatic heterocycles. The number of carbonyl (C=O) groups excluding carboxylic acids is 3. The van der Waals surface area contributed by atoms with E-state index in [4.69, 9.17) is 25.8 Å². The fourth-order valence-electron chi connectivity index (χ4n) is 3.05. The SMILES string of the molecule is COC(=O)C1=C(C(=O)OC)N(c2ccc(Br)cc2C(=O)c2ccccc2Cl)COC1. The molecule has 0 unspecified atom stereocenters. The molecule has 1 aliphatic heterocycles. The summed E-state index contributed by atoms with van der Waals surface area (Å²) in [5, 5.41) is 0.294. The first-order valence-corrected chi connectivity index (χ1v) is 9.90. The Bertz CT molecular complexity index is 1050. The number of esters is 2. The number of carbonyl (C=O) groups is 3. The second-order valence-corrected chi connectivity index (χ2v) is 7.51. The predicted molar refractivity (Wildman–Crippen MR) is 113 cm³/mol. The van der Waals surface area contributed by atoms with Crippen LogP contribution in [0.1, 0.15) is 15.9 Å². The van der Waals surface area contributed by atoms with Crippen LogP contribution in [0.5, 0.6) is 0 Å². The number of benzene rings is 2. The number of methoxy groups -OCH3 is 2. The fraction of sp³-hybridized carbons (Fsp3) is 0.190. The highest BCUT2D eigenvalue weighted by Gasteiger charge is 2.34. The number of anilines is 1. The zero-order valence-corrected chi connectivity index (χ0v) is 18.5. The van der Waals surface area contributed by atoms with Gasteiger partial charge in [-0.15, -0.1) is 0 Å². The molecular formula is C21H17BrClNO6. The van der Waals surface area contributed by atoms with Gasteiger partial charge in [-0.3, -0.25) is 4.79 Å². The van der Waals surface area contributed by atoms with Crippen molar-refractivity contribution in [1.29, 1.82) is 0 Å². The lowest BCUT2D eigenvalue weighted by Gasteiger charge is -2.32. The van der Waals surface area contributed by atoms with Crippen LogP contribution in [0.25, 0.3) is 0 Å². The van der Waals surface area contributed by atoms with Crippen molar-refractivity contribution in [3.63, 3.8) is 0 Å². The molecule has 0 radical (unpaired) electrons. The third kappa shape index (κ3) is 4.26. The molecule has 7 nitrogen and oxygen atoms in total. The summed E-state index contributed by atoms with van der Waals surface area (Å²) in [5.74, 6) is -1.83. The maximum Gasteiger partial charge on any atom is 0.355 e. The third-order valence-corrected chi connectivity index (χ3v) is 5.27. The zero-order chi connectivity index (χ0) is 21.8. The van der Waals surface area contributed by atoms with Gasteiger partial charge in [0.1, 0.15) is 12.4 Å². The second-order valence-electron chi connectivity index (χ2n) is 6.19. The van der Waals surface area contributed by atoms with Crippen molar-refractivity contribution in [1.82, 2.24) is 0 Å². The molecule has 156 valence electrons. The summed E-state index contributed by atoms with van der Waals surface area (Å²) in [6.07, 6.45) is 0. The van der Waals surface area contributed by atoms with E-state index in [1.54, 1.807) is 42.5 Å². The highest BCUT2D eigenvalue weighted by Crippen LogP contribution is 2.33. The monoisotopic (exact) mass is 493 g/mol. The van der Waals surface area contributed by atoms with Gasteiger partial charge in [0.25, 0.3) is 0 Å². The van der Waals surface area contributed by atoms with Crippen molar-refractivity contribution in [3.8, 4) is 0 Å². The maximum atomic E-state index is 13.3. The van der Waals surface area contributed by atoms with Crippen LogP contribution in [-0.2, 0) is 23.8 Å². The molecule has 2 aromatic rings. The van der Waals surface area contributed by atoms with Crippen molar-refractivity contribution < 1.29 is 28.6 Å². The highest BCUT2D eigenvalue weighted by molar-refractivity contribution is 9.10. The van der Waals surface area contributed by atoms with Gasteiger partial charge in [0.15, 0.2) is 5.78 Å². The molecule has 0 saturated heterocycles. The van der Waals surface area contributed by atoms with Gasteiger partial charge in [-0.05, 0) is 30.3 Å². The number of nitrogens with zero attached hydrogens (tertiary/aromatic N) is 1. The molecule has 0 aliphatic carbocycles. The minimum absolute atomic E-state index is 0.00494. The van der Waals surface area contributed by atoms with E-state index in [0.717, 1.165) is 0 Å². The highest BCUT2D eigenvalue weighted by atomic mass is 79.9. The Morgan fingerprint density at radius 2 is 1.73 bits per heavy atom. The van der Waals surface area contributed by atoms with Crippen molar-refractivity contribution in [3.05, 3.63) is 74.4 Å². The minimum atomic E-state index is -0.752. The molecule has 1 heterocycles. The molecular weight excluding hydrogens is 478 g/mol. The number of halogens is 2. The Morgan fingerprint density at radius 3 is 2.40 bits per heavy atom. The van der Waals surface area contributed by atoms with E-state index in [2.05, 4.69) is 15.9 Å². The Morgan fingerprint density at radius 1 is 1.03 bits per heavy atom.